The molecular formula is C17H18N4O5. The average molecular weight is 358 g/mol. The van der Waals surface area contributed by atoms with E-state index in [9.17, 15) is 24.5 Å². The van der Waals surface area contributed by atoms with Gasteiger partial charge in [0.25, 0.3) is 17.2 Å². The summed E-state index contributed by atoms with van der Waals surface area (Å²) in [6.07, 6.45) is 0.929. The zero-order chi connectivity index (χ0) is 19.4. The van der Waals surface area contributed by atoms with Crippen molar-refractivity contribution in [2.45, 2.75) is 20.4 Å². The standard InChI is InChI=1S/C17H18N4O5/c1-3-20(14-7-5-4-6-11(14)2)15(22)10-19-9-12(21(25)26)8-13(16(18)23)17(19)24/h4-9H,3,10H2,1-2H3,(H2,18,23). The van der Waals surface area contributed by atoms with Crippen LogP contribution >= 0.6 is 0 Å². The van der Waals surface area contributed by atoms with E-state index in [1.54, 1.807) is 19.1 Å². The molecule has 136 valence electrons. The molecule has 2 amide bonds. The third-order valence-electron chi connectivity index (χ3n) is 3.88. The highest BCUT2D eigenvalue weighted by molar-refractivity contribution is 5.95. The third kappa shape index (κ3) is 3.77. The van der Waals surface area contributed by atoms with Crippen molar-refractivity contribution in [2.24, 2.45) is 5.73 Å². The van der Waals surface area contributed by atoms with Gasteiger partial charge in [0, 0.05) is 18.3 Å². The Hall–Kier alpha value is -3.49. The average Bonchev–Trinajstić information content (AvgIpc) is 2.58. The molecule has 1 aromatic carbocycles. The number of benzene rings is 1. The number of aromatic nitrogens is 1. The van der Waals surface area contributed by atoms with Gasteiger partial charge in [0.2, 0.25) is 5.91 Å². The Balaban J connectivity index is 2.45. The summed E-state index contributed by atoms with van der Waals surface area (Å²) in [5, 5.41) is 11.0. The lowest BCUT2D eigenvalue weighted by Gasteiger charge is -2.23. The van der Waals surface area contributed by atoms with Gasteiger partial charge in [0.15, 0.2) is 0 Å². The fraction of sp³-hybridized carbons (Fsp3) is 0.235. The first-order valence-corrected chi connectivity index (χ1v) is 7.81. The number of nitrogens with zero attached hydrogens (tertiary/aromatic N) is 3. The lowest BCUT2D eigenvalue weighted by molar-refractivity contribution is -0.385. The predicted octanol–water partition coefficient (Wildman–Crippen LogP) is 1.22. The Morgan fingerprint density at radius 1 is 1.31 bits per heavy atom. The number of nitrogens with two attached hydrogens (primary N) is 1. The van der Waals surface area contributed by atoms with Crippen LogP contribution in [0.15, 0.2) is 41.3 Å². The number of aryl methyl sites for hydroxylation is 1. The van der Waals surface area contributed by atoms with E-state index >= 15 is 0 Å². The molecule has 9 nitrogen and oxygen atoms in total. The van der Waals surface area contributed by atoms with Crippen molar-refractivity contribution in [1.29, 1.82) is 0 Å². The number of carbonyl (C=O) groups excluding carboxylic acids is 2. The molecule has 26 heavy (non-hydrogen) atoms. The van der Waals surface area contributed by atoms with E-state index in [1.807, 2.05) is 19.1 Å². The molecule has 0 fully saturated rings. The molecule has 9 heteroatoms. The molecule has 0 unspecified atom stereocenters. The van der Waals surface area contributed by atoms with Crippen LogP contribution in [-0.4, -0.2) is 27.8 Å². The lowest BCUT2D eigenvalue weighted by Crippen LogP contribution is -2.38. The second-order valence-electron chi connectivity index (χ2n) is 5.59. The number of para-hydroxylation sites is 1. The van der Waals surface area contributed by atoms with Crippen molar-refractivity contribution in [3.8, 4) is 0 Å². The fourth-order valence-electron chi connectivity index (χ4n) is 2.59. The maximum atomic E-state index is 12.7. The monoisotopic (exact) mass is 358 g/mol. The second kappa shape index (κ2) is 7.60. The van der Waals surface area contributed by atoms with Crippen molar-refractivity contribution in [3.05, 3.63) is 68.1 Å². The van der Waals surface area contributed by atoms with Gasteiger partial charge < -0.3 is 10.6 Å². The van der Waals surface area contributed by atoms with Gasteiger partial charge >= 0.3 is 0 Å². The summed E-state index contributed by atoms with van der Waals surface area (Å²) in [4.78, 5) is 48.1. The largest absolute Gasteiger partial charge is 0.365 e. The summed E-state index contributed by atoms with van der Waals surface area (Å²) >= 11 is 0. The number of rotatable bonds is 6. The van der Waals surface area contributed by atoms with Gasteiger partial charge in [-0.1, -0.05) is 18.2 Å². The number of amides is 2. The van der Waals surface area contributed by atoms with Crippen LogP contribution in [0.25, 0.3) is 0 Å². The quantitative estimate of drug-likeness (QED) is 0.613. The minimum absolute atomic E-state index is 0.343. The molecule has 0 radical (unpaired) electrons. The minimum atomic E-state index is -1.09. The number of primary amides is 1. The molecule has 0 aliphatic heterocycles. The first-order valence-electron chi connectivity index (χ1n) is 7.81. The zero-order valence-electron chi connectivity index (χ0n) is 14.3. The summed E-state index contributed by atoms with van der Waals surface area (Å²) in [5.74, 6) is -1.54. The van der Waals surface area contributed by atoms with E-state index in [4.69, 9.17) is 5.73 Å². The van der Waals surface area contributed by atoms with E-state index in [0.717, 1.165) is 22.4 Å². The maximum absolute atomic E-state index is 12.7. The number of anilines is 1. The van der Waals surface area contributed by atoms with E-state index in [1.165, 1.54) is 4.90 Å². The molecular weight excluding hydrogens is 340 g/mol. The van der Waals surface area contributed by atoms with Crippen LogP contribution in [0.1, 0.15) is 22.8 Å². The van der Waals surface area contributed by atoms with E-state index in [-0.39, 0.29) is 0 Å². The summed E-state index contributed by atoms with van der Waals surface area (Å²) < 4.78 is 0.835. The molecule has 0 saturated carbocycles. The Morgan fingerprint density at radius 2 is 1.96 bits per heavy atom. The van der Waals surface area contributed by atoms with Crippen LogP contribution < -0.4 is 16.2 Å². The third-order valence-corrected chi connectivity index (χ3v) is 3.88. The highest BCUT2D eigenvalue weighted by Gasteiger charge is 2.21. The van der Waals surface area contributed by atoms with Crippen molar-refractivity contribution >= 4 is 23.2 Å². The maximum Gasteiger partial charge on any atom is 0.286 e. The molecule has 2 aromatic rings. The first kappa shape index (κ1) is 18.8. The second-order valence-corrected chi connectivity index (χ2v) is 5.59. The summed E-state index contributed by atoms with van der Waals surface area (Å²) in [6, 6.07) is 8.03. The molecule has 0 bridgehead atoms. The number of nitro groups is 1. The van der Waals surface area contributed by atoms with Gasteiger partial charge in [-0.3, -0.25) is 29.1 Å². The summed E-state index contributed by atoms with van der Waals surface area (Å²) in [6.45, 7) is 3.50. The molecule has 2 N–H and O–H groups in total. The van der Waals surface area contributed by atoms with Crippen molar-refractivity contribution in [2.75, 3.05) is 11.4 Å². The number of carbonyl (C=O) groups is 2. The van der Waals surface area contributed by atoms with Crippen molar-refractivity contribution < 1.29 is 14.5 Å². The molecule has 2 rings (SSSR count). The fourth-order valence-corrected chi connectivity index (χ4v) is 2.59. The molecule has 0 atom stereocenters. The van der Waals surface area contributed by atoms with Crippen LogP contribution in [0.5, 0.6) is 0 Å². The topological polar surface area (TPSA) is 129 Å². The Labute approximate surface area is 148 Å². The number of hydrogen-bond acceptors (Lipinski definition) is 5. The Bertz CT molecular complexity index is 935. The highest BCUT2D eigenvalue weighted by Crippen LogP contribution is 2.20. The van der Waals surface area contributed by atoms with Crippen molar-refractivity contribution in [3.63, 3.8) is 0 Å². The molecule has 0 aliphatic carbocycles. The van der Waals surface area contributed by atoms with E-state index in [2.05, 4.69) is 0 Å². The zero-order valence-corrected chi connectivity index (χ0v) is 14.3. The summed E-state index contributed by atoms with van der Waals surface area (Å²) in [7, 11) is 0. The normalized spacial score (nSPS) is 10.4. The van der Waals surface area contributed by atoms with Crippen LogP contribution in [0.4, 0.5) is 11.4 Å². The molecule has 1 aromatic heterocycles. The molecule has 0 saturated heterocycles. The van der Waals surface area contributed by atoms with Gasteiger partial charge in [-0.15, -0.1) is 0 Å². The van der Waals surface area contributed by atoms with Crippen LogP contribution in [0.3, 0.4) is 0 Å². The Morgan fingerprint density at radius 3 is 2.50 bits per heavy atom. The first-order chi connectivity index (χ1) is 12.3. The smallest absolute Gasteiger partial charge is 0.286 e. The number of likely N-dealkylation sites (N-methyl/N-ethyl adjacent to an activating group) is 1. The SMILES string of the molecule is CCN(C(=O)Cn1cc([N+](=O)[O-])cc(C(N)=O)c1=O)c1ccccc1C. The van der Waals surface area contributed by atoms with Gasteiger partial charge in [0.05, 0.1) is 11.1 Å². The van der Waals surface area contributed by atoms with Crippen LogP contribution in [-0.2, 0) is 11.3 Å². The number of pyridine rings is 1. The van der Waals surface area contributed by atoms with Crippen LogP contribution in [0.2, 0.25) is 0 Å². The molecule has 0 aliphatic rings. The predicted molar refractivity (Wildman–Crippen MR) is 95.1 cm³/mol. The minimum Gasteiger partial charge on any atom is -0.365 e. The van der Waals surface area contributed by atoms with Gasteiger partial charge in [-0.05, 0) is 25.5 Å². The van der Waals surface area contributed by atoms with Gasteiger partial charge in [-0.2, -0.15) is 0 Å². The van der Waals surface area contributed by atoms with E-state index < -0.39 is 40.1 Å². The summed E-state index contributed by atoms with van der Waals surface area (Å²) in [5.41, 5.74) is 4.77. The van der Waals surface area contributed by atoms with E-state index in [0.29, 0.717) is 12.2 Å². The lowest BCUT2D eigenvalue weighted by atomic mass is 10.2. The molecule has 1 heterocycles. The Kier molecular flexibility index (Phi) is 5.51. The van der Waals surface area contributed by atoms with Gasteiger partial charge in [-0.25, -0.2) is 0 Å². The van der Waals surface area contributed by atoms with Gasteiger partial charge in [0.1, 0.15) is 12.1 Å². The van der Waals surface area contributed by atoms with Crippen molar-refractivity contribution in [1.82, 2.24) is 4.57 Å². The highest BCUT2D eigenvalue weighted by atomic mass is 16.6. The van der Waals surface area contributed by atoms with Crippen LogP contribution in [0, 0.1) is 17.0 Å². The molecule has 0 spiro atoms. The number of hydrogen-bond donors (Lipinski definition) is 1.